The number of hydrogen-bond donors (Lipinski definition) is 0. The number of anilines is 1. The molecule has 2 aromatic carbocycles. The standard InChI is InChI=1S/C21H16N4O/c26-21-20(24-23-14-16-10-12-22-13-11-16)18-8-4-5-9-19(18)25(21)15-17-6-2-1-3-7-17/h1-14H,15H2/b23-14-,24-20-. The quantitative estimate of drug-likeness (QED) is 0.539. The molecule has 1 aliphatic rings. The highest BCUT2D eigenvalue weighted by atomic mass is 16.2. The lowest BCUT2D eigenvalue weighted by atomic mass is 10.1. The Bertz CT molecular complexity index is 981. The average molecular weight is 340 g/mol. The van der Waals surface area contributed by atoms with Crippen molar-refractivity contribution >= 4 is 23.5 Å². The molecular formula is C21H16N4O. The largest absolute Gasteiger partial charge is 0.302 e. The highest BCUT2D eigenvalue weighted by Crippen LogP contribution is 2.30. The molecule has 0 atom stereocenters. The lowest BCUT2D eigenvalue weighted by molar-refractivity contribution is -0.112. The molecule has 0 fully saturated rings. The summed E-state index contributed by atoms with van der Waals surface area (Å²) in [6, 6.07) is 21.2. The smallest absolute Gasteiger partial charge is 0.279 e. The van der Waals surface area contributed by atoms with Gasteiger partial charge in [0.2, 0.25) is 0 Å². The van der Waals surface area contributed by atoms with Crippen molar-refractivity contribution in [3.05, 3.63) is 95.8 Å². The van der Waals surface area contributed by atoms with Gasteiger partial charge in [-0.2, -0.15) is 5.10 Å². The number of aromatic nitrogens is 1. The van der Waals surface area contributed by atoms with E-state index in [0.717, 1.165) is 22.4 Å². The summed E-state index contributed by atoms with van der Waals surface area (Å²) in [5, 5.41) is 8.31. The SMILES string of the molecule is O=C1/C(=N\N=C/c2ccncc2)c2ccccc2N1Cc1ccccc1. The summed E-state index contributed by atoms with van der Waals surface area (Å²) in [4.78, 5) is 18.6. The lowest BCUT2D eigenvalue weighted by Gasteiger charge is -2.16. The topological polar surface area (TPSA) is 57.9 Å². The molecule has 126 valence electrons. The summed E-state index contributed by atoms with van der Waals surface area (Å²) in [6.07, 6.45) is 4.99. The number of pyridine rings is 1. The molecule has 5 heteroatoms. The van der Waals surface area contributed by atoms with E-state index in [1.165, 1.54) is 0 Å². The van der Waals surface area contributed by atoms with Crippen molar-refractivity contribution in [1.29, 1.82) is 0 Å². The molecule has 1 aliphatic heterocycles. The normalized spacial score (nSPS) is 15.0. The van der Waals surface area contributed by atoms with Crippen LogP contribution in [-0.4, -0.2) is 22.8 Å². The van der Waals surface area contributed by atoms with Crippen LogP contribution in [0.5, 0.6) is 0 Å². The monoisotopic (exact) mass is 340 g/mol. The Balaban J connectivity index is 1.65. The summed E-state index contributed by atoms with van der Waals surface area (Å²) in [5.41, 5.74) is 3.97. The number of fused-ring (bicyclic) bond motifs is 1. The van der Waals surface area contributed by atoms with Crippen molar-refractivity contribution in [2.75, 3.05) is 4.90 Å². The fraction of sp³-hybridized carbons (Fsp3) is 0.0476. The van der Waals surface area contributed by atoms with Gasteiger partial charge in [0.05, 0.1) is 18.4 Å². The molecule has 5 nitrogen and oxygen atoms in total. The van der Waals surface area contributed by atoms with E-state index < -0.39 is 0 Å². The molecule has 0 saturated heterocycles. The Hall–Kier alpha value is -3.60. The molecule has 3 aromatic rings. The highest BCUT2D eigenvalue weighted by Gasteiger charge is 2.33. The maximum atomic E-state index is 12.9. The van der Waals surface area contributed by atoms with Crippen molar-refractivity contribution in [1.82, 2.24) is 4.98 Å². The van der Waals surface area contributed by atoms with Crippen LogP contribution in [0.4, 0.5) is 5.69 Å². The van der Waals surface area contributed by atoms with Gasteiger partial charge in [-0.05, 0) is 29.3 Å². The molecule has 0 N–H and O–H groups in total. The second kappa shape index (κ2) is 7.11. The van der Waals surface area contributed by atoms with Gasteiger partial charge in [0, 0.05) is 18.0 Å². The van der Waals surface area contributed by atoms with E-state index in [9.17, 15) is 4.79 Å². The average Bonchev–Trinajstić information content (AvgIpc) is 2.96. The van der Waals surface area contributed by atoms with Crippen LogP contribution in [-0.2, 0) is 11.3 Å². The predicted octanol–water partition coefficient (Wildman–Crippen LogP) is 3.45. The van der Waals surface area contributed by atoms with Gasteiger partial charge >= 0.3 is 0 Å². The van der Waals surface area contributed by atoms with Gasteiger partial charge in [-0.25, -0.2) is 0 Å². The first-order valence-corrected chi connectivity index (χ1v) is 8.29. The maximum Gasteiger partial charge on any atom is 0.279 e. The Morgan fingerprint density at radius 1 is 0.923 bits per heavy atom. The zero-order chi connectivity index (χ0) is 17.8. The third-order valence-electron chi connectivity index (χ3n) is 4.15. The Labute approximate surface area is 151 Å². The van der Waals surface area contributed by atoms with Gasteiger partial charge in [-0.15, -0.1) is 5.10 Å². The Morgan fingerprint density at radius 2 is 1.65 bits per heavy atom. The van der Waals surface area contributed by atoms with E-state index >= 15 is 0 Å². The highest BCUT2D eigenvalue weighted by molar-refractivity contribution is 6.54. The van der Waals surface area contributed by atoms with Crippen LogP contribution < -0.4 is 4.90 Å². The van der Waals surface area contributed by atoms with E-state index in [1.54, 1.807) is 23.5 Å². The van der Waals surface area contributed by atoms with Crippen LogP contribution in [0.15, 0.2) is 89.3 Å². The van der Waals surface area contributed by atoms with Crippen LogP contribution in [0.3, 0.4) is 0 Å². The molecular weight excluding hydrogens is 324 g/mol. The van der Waals surface area contributed by atoms with Gasteiger partial charge < -0.3 is 4.90 Å². The molecule has 0 radical (unpaired) electrons. The number of carbonyl (C=O) groups is 1. The lowest BCUT2D eigenvalue weighted by Crippen LogP contribution is -2.29. The van der Waals surface area contributed by atoms with Gasteiger partial charge in [0.1, 0.15) is 0 Å². The molecule has 0 bridgehead atoms. The Morgan fingerprint density at radius 3 is 2.46 bits per heavy atom. The third kappa shape index (κ3) is 3.15. The van der Waals surface area contributed by atoms with Crippen molar-refractivity contribution in [3.8, 4) is 0 Å². The van der Waals surface area contributed by atoms with Gasteiger partial charge in [0.25, 0.3) is 5.91 Å². The van der Waals surface area contributed by atoms with Crippen molar-refractivity contribution in [2.45, 2.75) is 6.54 Å². The predicted molar refractivity (Wildman–Crippen MR) is 102 cm³/mol. The first-order chi connectivity index (χ1) is 12.8. The number of benzene rings is 2. The summed E-state index contributed by atoms with van der Waals surface area (Å²) in [6.45, 7) is 0.504. The first-order valence-electron chi connectivity index (χ1n) is 8.29. The van der Waals surface area contributed by atoms with Crippen molar-refractivity contribution in [2.24, 2.45) is 10.2 Å². The van der Waals surface area contributed by atoms with Crippen LogP contribution >= 0.6 is 0 Å². The molecule has 4 rings (SSSR count). The number of hydrogen-bond acceptors (Lipinski definition) is 4. The second-order valence-corrected chi connectivity index (χ2v) is 5.87. The van der Waals surface area contributed by atoms with Crippen molar-refractivity contribution < 1.29 is 4.79 Å². The van der Waals surface area contributed by atoms with Crippen LogP contribution in [0.2, 0.25) is 0 Å². The van der Waals surface area contributed by atoms with E-state index in [4.69, 9.17) is 0 Å². The molecule has 2 heterocycles. The van der Waals surface area contributed by atoms with Crippen LogP contribution in [0, 0.1) is 0 Å². The number of rotatable bonds is 4. The summed E-state index contributed by atoms with van der Waals surface area (Å²) >= 11 is 0. The third-order valence-corrected chi connectivity index (χ3v) is 4.15. The molecule has 0 saturated carbocycles. The van der Waals surface area contributed by atoms with E-state index in [-0.39, 0.29) is 5.91 Å². The van der Waals surface area contributed by atoms with Gasteiger partial charge in [-0.3, -0.25) is 9.78 Å². The fourth-order valence-electron chi connectivity index (χ4n) is 2.88. The fourth-order valence-corrected chi connectivity index (χ4v) is 2.88. The molecule has 26 heavy (non-hydrogen) atoms. The molecule has 0 unspecified atom stereocenters. The van der Waals surface area contributed by atoms with Gasteiger partial charge in [0.15, 0.2) is 5.71 Å². The summed E-state index contributed by atoms with van der Waals surface area (Å²) in [7, 11) is 0. The van der Waals surface area contributed by atoms with Crippen LogP contribution in [0.1, 0.15) is 16.7 Å². The maximum absolute atomic E-state index is 12.9. The minimum atomic E-state index is -0.137. The van der Waals surface area contributed by atoms with E-state index in [1.807, 2.05) is 66.7 Å². The second-order valence-electron chi connectivity index (χ2n) is 5.87. The number of nitrogens with zero attached hydrogens (tertiary/aromatic N) is 4. The number of para-hydroxylation sites is 1. The van der Waals surface area contributed by atoms with E-state index in [0.29, 0.717) is 12.3 Å². The number of amides is 1. The zero-order valence-corrected chi connectivity index (χ0v) is 14.0. The summed E-state index contributed by atoms with van der Waals surface area (Å²) in [5.74, 6) is -0.137. The van der Waals surface area contributed by atoms with Crippen LogP contribution in [0.25, 0.3) is 0 Å². The molecule has 0 aliphatic carbocycles. The first kappa shape index (κ1) is 15.9. The number of carbonyl (C=O) groups excluding carboxylic acids is 1. The summed E-state index contributed by atoms with van der Waals surface area (Å²) < 4.78 is 0. The zero-order valence-electron chi connectivity index (χ0n) is 14.0. The minimum absolute atomic E-state index is 0.137. The van der Waals surface area contributed by atoms with E-state index in [2.05, 4.69) is 15.2 Å². The van der Waals surface area contributed by atoms with Gasteiger partial charge in [-0.1, -0.05) is 48.5 Å². The molecule has 1 aromatic heterocycles. The molecule has 1 amide bonds. The van der Waals surface area contributed by atoms with Crippen molar-refractivity contribution in [3.63, 3.8) is 0 Å². The molecule has 0 spiro atoms. The minimum Gasteiger partial charge on any atom is -0.302 e. The Kier molecular flexibility index (Phi) is 4.35.